The molecule has 188 valence electrons. The van der Waals surface area contributed by atoms with Gasteiger partial charge in [-0.3, -0.25) is 9.59 Å². The van der Waals surface area contributed by atoms with E-state index in [2.05, 4.69) is 29.6 Å². The second kappa shape index (κ2) is 11.4. The maximum Gasteiger partial charge on any atom is 0.407 e. The van der Waals surface area contributed by atoms with Crippen LogP contribution in [0.3, 0.4) is 0 Å². The van der Waals surface area contributed by atoms with Crippen LogP contribution < -0.4 is 5.32 Å². The molecule has 0 aliphatic heterocycles. The van der Waals surface area contributed by atoms with Crippen LogP contribution >= 0.6 is 0 Å². The normalized spacial score (nSPS) is 13.5. The fourth-order valence-corrected chi connectivity index (χ4v) is 4.55. The average molecular weight is 481 g/mol. The third kappa shape index (κ3) is 6.84. The van der Waals surface area contributed by atoms with Gasteiger partial charge < -0.3 is 20.1 Å². The quantitative estimate of drug-likeness (QED) is 0.496. The number of hydrogen-bond acceptors (Lipinski definition) is 4. The van der Waals surface area contributed by atoms with Gasteiger partial charge in [0, 0.05) is 24.4 Å². The zero-order chi connectivity index (χ0) is 25.6. The first kappa shape index (κ1) is 26.3. The minimum atomic E-state index is -1.02. The molecule has 3 rings (SSSR count). The van der Waals surface area contributed by atoms with Crippen LogP contribution in [-0.4, -0.2) is 53.2 Å². The van der Waals surface area contributed by atoms with Crippen LogP contribution in [0.15, 0.2) is 48.5 Å². The monoisotopic (exact) mass is 480 g/mol. The summed E-state index contributed by atoms with van der Waals surface area (Å²) in [6.07, 6.45) is 1.15. The van der Waals surface area contributed by atoms with Crippen LogP contribution in [0.5, 0.6) is 0 Å². The van der Waals surface area contributed by atoms with E-state index in [9.17, 15) is 14.4 Å². The number of ether oxygens (including phenoxy) is 1. The van der Waals surface area contributed by atoms with Crippen molar-refractivity contribution in [3.8, 4) is 11.1 Å². The zero-order valence-electron chi connectivity index (χ0n) is 21.0. The van der Waals surface area contributed by atoms with E-state index in [0.717, 1.165) is 0 Å². The number of carbonyl (C=O) groups excluding carboxylic acids is 2. The first-order valence-corrected chi connectivity index (χ1v) is 12.2. The minimum absolute atomic E-state index is 0.0228. The Kier molecular flexibility index (Phi) is 8.54. The predicted octanol–water partition coefficient (Wildman–Crippen LogP) is 5.04. The summed E-state index contributed by atoms with van der Waals surface area (Å²) in [6.45, 7) is 7.92. The van der Waals surface area contributed by atoms with Gasteiger partial charge in [0.1, 0.15) is 13.2 Å². The van der Waals surface area contributed by atoms with E-state index in [0.29, 0.717) is 19.4 Å². The number of fused-ring (bicyclic) bond motifs is 3. The zero-order valence-corrected chi connectivity index (χ0v) is 21.0. The van der Waals surface area contributed by atoms with Crippen LogP contribution in [0.1, 0.15) is 64.0 Å². The fraction of sp³-hybridized carbons (Fsp3) is 0.464. The molecule has 35 heavy (non-hydrogen) atoms. The maximum absolute atomic E-state index is 12.6. The summed E-state index contributed by atoms with van der Waals surface area (Å²) in [4.78, 5) is 37.4. The largest absolute Gasteiger partial charge is 0.480 e. The molecule has 0 radical (unpaired) electrons. The summed E-state index contributed by atoms with van der Waals surface area (Å²) in [5, 5.41) is 11.9. The third-order valence-corrected chi connectivity index (χ3v) is 6.51. The maximum atomic E-state index is 12.6. The molecule has 7 heteroatoms. The number of carbonyl (C=O) groups is 3. The molecule has 0 saturated carbocycles. The van der Waals surface area contributed by atoms with Gasteiger partial charge >= 0.3 is 12.1 Å². The third-order valence-electron chi connectivity index (χ3n) is 6.51. The molecule has 1 aliphatic rings. The van der Waals surface area contributed by atoms with Crippen molar-refractivity contribution in [1.82, 2.24) is 10.2 Å². The first-order valence-electron chi connectivity index (χ1n) is 12.2. The standard InChI is InChI=1S/C28H36N2O5/c1-19(13-14-25(31)30(17-26(32)33)28(2,3)4)15-16-29-27(34)35-18-24-22-11-7-5-9-20(22)21-10-6-8-12-23(21)24/h5-12,19,24H,13-18H2,1-4H3,(H,29,34)(H,32,33). The summed E-state index contributed by atoms with van der Waals surface area (Å²) in [5.74, 6) is -0.973. The molecule has 0 bridgehead atoms. The van der Waals surface area contributed by atoms with Crippen molar-refractivity contribution in [2.75, 3.05) is 19.7 Å². The number of amides is 2. The molecule has 0 saturated heterocycles. The Hall–Kier alpha value is -3.35. The van der Waals surface area contributed by atoms with Crippen LogP contribution in [0, 0.1) is 5.92 Å². The Morgan fingerprint density at radius 3 is 2.11 bits per heavy atom. The Morgan fingerprint density at radius 1 is 1.00 bits per heavy atom. The predicted molar refractivity (Wildman–Crippen MR) is 135 cm³/mol. The van der Waals surface area contributed by atoms with E-state index in [-0.39, 0.29) is 37.3 Å². The Morgan fingerprint density at radius 2 is 1.57 bits per heavy atom. The lowest BCUT2D eigenvalue weighted by Crippen LogP contribution is -2.48. The molecule has 2 aromatic carbocycles. The van der Waals surface area contributed by atoms with Crippen LogP contribution in [0.2, 0.25) is 0 Å². The lowest BCUT2D eigenvalue weighted by atomic mass is 9.98. The molecule has 1 aliphatic carbocycles. The Labute approximate surface area is 207 Å². The molecule has 0 spiro atoms. The van der Waals surface area contributed by atoms with Gasteiger partial charge in [0.2, 0.25) is 5.91 Å². The number of nitrogens with one attached hydrogen (secondary N) is 1. The average Bonchev–Trinajstić information content (AvgIpc) is 3.12. The van der Waals surface area contributed by atoms with E-state index < -0.39 is 17.6 Å². The highest BCUT2D eigenvalue weighted by Crippen LogP contribution is 2.44. The minimum Gasteiger partial charge on any atom is -0.480 e. The van der Waals surface area contributed by atoms with E-state index in [1.807, 2.05) is 52.0 Å². The van der Waals surface area contributed by atoms with Gasteiger partial charge in [0.05, 0.1) is 0 Å². The first-order chi connectivity index (χ1) is 16.6. The van der Waals surface area contributed by atoms with E-state index in [4.69, 9.17) is 9.84 Å². The number of carboxylic acids is 1. The van der Waals surface area contributed by atoms with Crippen LogP contribution in [0.25, 0.3) is 11.1 Å². The van der Waals surface area contributed by atoms with Crippen molar-refractivity contribution in [2.45, 2.75) is 58.4 Å². The number of benzene rings is 2. The van der Waals surface area contributed by atoms with Gasteiger partial charge in [0.15, 0.2) is 0 Å². The van der Waals surface area contributed by atoms with Crippen molar-refractivity contribution < 1.29 is 24.2 Å². The summed E-state index contributed by atoms with van der Waals surface area (Å²) in [5.41, 5.74) is 4.17. The topological polar surface area (TPSA) is 95.9 Å². The molecule has 1 atom stereocenters. The van der Waals surface area contributed by atoms with Crippen LogP contribution in [-0.2, 0) is 14.3 Å². The van der Waals surface area contributed by atoms with Gasteiger partial charge in [-0.15, -0.1) is 0 Å². The summed E-state index contributed by atoms with van der Waals surface area (Å²) in [7, 11) is 0. The van der Waals surface area contributed by atoms with E-state index in [1.54, 1.807) is 0 Å². The van der Waals surface area contributed by atoms with Crippen molar-refractivity contribution >= 4 is 18.0 Å². The Balaban J connectivity index is 1.42. The highest BCUT2D eigenvalue weighted by molar-refractivity contribution is 5.82. The van der Waals surface area contributed by atoms with Gasteiger partial charge in [0.25, 0.3) is 0 Å². The van der Waals surface area contributed by atoms with Gasteiger partial charge in [-0.1, -0.05) is 55.5 Å². The molecule has 2 amide bonds. The number of hydrogen-bond donors (Lipinski definition) is 2. The summed E-state index contributed by atoms with van der Waals surface area (Å²) in [6, 6.07) is 16.4. The number of nitrogens with zero attached hydrogens (tertiary/aromatic N) is 1. The molecule has 2 N–H and O–H groups in total. The van der Waals surface area contributed by atoms with E-state index in [1.165, 1.54) is 27.2 Å². The molecule has 7 nitrogen and oxygen atoms in total. The van der Waals surface area contributed by atoms with Crippen molar-refractivity contribution in [1.29, 1.82) is 0 Å². The second-order valence-corrected chi connectivity index (χ2v) is 10.2. The van der Waals surface area contributed by atoms with Gasteiger partial charge in [-0.2, -0.15) is 0 Å². The van der Waals surface area contributed by atoms with Gasteiger partial charge in [-0.05, 0) is 61.8 Å². The van der Waals surface area contributed by atoms with Crippen molar-refractivity contribution in [3.63, 3.8) is 0 Å². The fourth-order valence-electron chi connectivity index (χ4n) is 4.55. The molecular formula is C28H36N2O5. The smallest absolute Gasteiger partial charge is 0.407 e. The molecule has 0 heterocycles. The highest BCUT2D eigenvalue weighted by Gasteiger charge is 2.29. The molecular weight excluding hydrogens is 444 g/mol. The molecule has 0 aromatic heterocycles. The SMILES string of the molecule is CC(CCNC(=O)OCC1c2ccccc2-c2ccccc21)CCC(=O)N(CC(=O)O)C(C)(C)C. The Bertz CT molecular complexity index is 1010. The lowest BCUT2D eigenvalue weighted by Gasteiger charge is -2.34. The molecule has 2 aromatic rings. The number of rotatable bonds is 10. The molecule has 1 unspecified atom stereocenters. The number of alkyl carbamates (subject to hydrolysis) is 1. The second-order valence-electron chi connectivity index (χ2n) is 10.2. The highest BCUT2D eigenvalue weighted by atomic mass is 16.5. The number of carboxylic acid groups (broad SMARTS) is 1. The van der Waals surface area contributed by atoms with Crippen molar-refractivity contribution in [3.05, 3.63) is 59.7 Å². The lowest BCUT2D eigenvalue weighted by molar-refractivity contribution is -0.148. The van der Waals surface area contributed by atoms with E-state index >= 15 is 0 Å². The van der Waals surface area contributed by atoms with Crippen LogP contribution in [0.4, 0.5) is 4.79 Å². The van der Waals surface area contributed by atoms with Gasteiger partial charge in [-0.25, -0.2) is 4.79 Å². The van der Waals surface area contributed by atoms with Crippen molar-refractivity contribution in [2.24, 2.45) is 5.92 Å². The number of aliphatic carboxylic acids is 1. The summed E-state index contributed by atoms with van der Waals surface area (Å²) < 4.78 is 5.56. The molecule has 0 fully saturated rings. The summed E-state index contributed by atoms with van der Waals surface area (Å²) >= 11 is 0.